The fourth-order valence-electron chi connectivity index (χ4n) is 1.80. The monoisotopic (exact) mass is 260 g/mol. The molecule has 1 fully saturated rings. The second-order valence-corrected chi connectivity index (χ2v) is 6.48. The molecule has 0 aliphatic carbocycles. The van der Waals surface area contributed by atoms with Crippen LogP contribution in [-0.2, 0) is 0 Å². The summed E-state index contributed by atoms with van der Waals surface area (Å²) < 4.78 is 0. The van der Waals surface area contributed by atoms with Gasteiger partial charge in [0.15, 0.2) is 5.17 Å². The third-order valence-corrected chi connectivity index (χ3v) is 5.31. The van der Waals surface area contributed by atoms with Gasteiger partial charge in [0, 0.05) is 17.8 Å². The molecule has 0 spiro atoms. The molecule has 16 heavy (non-hydrogen) atoms. The van der Waals surface area contributed by atoms with Gasteiger partial charge < -0.3 is 5.32 Å². The van der Waals surface area contributed by atoms with Crippen molar-refractivity contribution in [1.82, 2.24) is 5.32 Å². The van der Waals surface area contributed by atoms with Crippen LogP contribution in [0.1, 0.15) is 33.6 Å². The Morgan fingerprint density at radius 1 is 1.50 bits per heavy atom. The lowest BCUT2D eigenvalue weighted by molar-refractivity contribution is 0.407. The Kier molecular flexibility index (Phi) is 6.05. The van der Waals surface area contributed by atoms with Gasteiger partial charge in [0.05, 0.1) is 0 Å². The van der Waals surface area contributed by atoms with Gasteiger partial charge in [-0.2, -0.15) is 11.8 Å². The number of amidine groups is 1. The summed E-state index contributed by atoms with van der Waals surface area (Å²) in [5.74, 6) is 3.06. The Labute approximate surface area is 108 Å². The molecule has 0 saturated carbocycles. The molecule has 1 aliphatic heterocycles. The zero-order chi connectivity index (χ0) is 12.0. The fourth-order valence-corrected chi connectivity index (χ4v) is 3.82. The van der Waals surface area contributed by atoms with Gasteiger partial charge in [-0.15, -0.1) is 0 Å². The minimum absolute atomic E-state index is 0.312. The molecular weight excluding hydrogens is 236 g/mol. The number of nitrogens with one attached hydrogen (secondary N) is 1. The molecule has 1 atom stereocenters. The van der Waals surface area contributed by atoms with E-state index in [2.05, 4.69) is 37.3 Å². The lowest BCUT2D eigenvalue weighted by Gasteiger charge is -2.25. The van der Waals surface area contributed by atoms with Crippen LogP contribution in [0, 0.1) is 5.92 Å². The third kappa shape index (κ3) is 3.88. The van der Waals surface area contributed by atoms with Crippen molar-refractivity contribution in [3.05, 3.63) is 0 Å². The Bertz CT molecular complexity index is 237. The van der Waals surface area contributed by atoms with Gasteiger partial charge in [-0.3, -0.25) is 4.99 Å². The van der Waals surface area contributed by atoms with Gasteiger partial charge >= 0.3 is 0 Å². The van der Waals surface area contributed by atoms with E-state index in [-0.39, 0.29) is 0 Å². The van der Waals surface area contributed by atoms with E-state index in [4.69, 9.17) is 0 Å². The van der Waals surface area contributed by atoms with Gasteiger partial charge in [0.25, 0.3) is 0 Å². The normalized spacial score (nSPS) is 23.4. The number of hydrogen-bond donors (Lipinski definition) is 1. The fraction of sp³-hybridized carbons (Fsp3) is 0.917. The molecule has 0 amide bonds. The topological polar surface area (TPSA) is 24.4 Å². The Balaban J connectivity index is 2.43. The van der Waals surface area contributed by atoms with E-state index in [1.54, 1.807) is 0 Å². The summed E-state index contributed by atoms with van der Waals surface area (Å²) >= 11 is 3.80. The lowest BCUT2D eigenvalue weighted by Crippen LogP contribution is -2.42. The van der Waals surface area contributed by atoms with E-state index >= 15 is 0 Å². The average molecular weight is 260 g/mol. The molecule has 2 nitrogen and oxygen atoms in total. The average Bonchev–Trinajstić information content (AvgIpc) is 2.71. The number of thioether (sulfide) groups is 2. The summed E-state index contributed by atoms with van der Waals surface area (Å²) in [5, 5.41) is 4.77. The molecule has 0 aromatic carbocycles. The highest BCUT2D eigenvalue weighted by atomic mass is 32.2. The molecule has 1 aliphatic rings. The Morgan fingerprint density at radius 3 is 2.69 bits per heavy atom. The molecule has 1 rings (SSSR count). The highest BCUT2D eigenvalue weighted by Crippen LogP contribution is 2.28. The van der Waals surface area contributed by atoms with E-state index in [1.807, 2.05) is 23.5 Å². The largest absolute Gasteiger partial charge is 0.359 e. The molecule has 4 heteroatoms. The zero-order valence-corrected chi connectivity index (χ0v) is 12.5. The van der Waals surface area contributed by atoms with Crippen molar-refractivity contribution < 1.29 is 0 Å². The summed E-state index contributed by atoms with van der Waals surface area (Å²) in [6.07, 6.45) is 4.54. The molecule has 0 aromatic rings. The Morgan fingerprint density at radius 2 is 2.19 bits per heavy atom. The first-order chi connectivity index (χ1) is 7.65. The Hall–Kier alpha value is 0.170. The van der Waals surface area contributed by atoms with Crippen molar-refractivity contribution in [2.75, 3.05) is 24.3 Å². The smallest absolute Gasteiger partial charge is 0.157 e. The number of rotatable bonds is 6. The van der Waals surface area contributed by atoms with Crippen LogP contribution in [-0.4, -0.2) is 35.0 Å². The molecule has 94 valence electrons. The van der Waals surface area contributed by atoms with Crippen LogP contribution in [0.4, 0.5) is 0 Å². The minimum atomic E-state index is 0.312. The predicted molar refractivity (Wildman–Crippen MR) is 78.8 cm³/mol. The SMILES string of the molecule is CCC1(CC)CSC(=NCC(C)CSC)N1. The van der Waals surface area contributed by atoms with Crippen molar-refractivity contribution in [3.63, 3.8) is 0 Å². The van der Waals surface area contributed by atoms with Crippen molar-refractivity contribution in [3.8, 4) is 0 Å². The van der Waals surface area contributed by atoms with Gasteiger partial charge in [0.2, 0.25) is 0 Å². The standard InChI is InChI=1S/C12H24N2S2/c1-5-12(6-2)9-16-11(14-12)13-7-10(3)8-15-4/h10H,5-9H2,1-4H3,(H,13,14). The van der Waals surface area contributed by atoms with Crippen LogP contribution >= 0.6 is 23.5 Å². The summed E-state index contributed by atoms with van der Waals surface area (Å²) in [6.45, 7) is 7.75. The summed E-state index contributed by atoms with van der Waals surface area (Å²) in [5.41, 5.74) is 0.312. The van der Waals surface area contributed by atoms with Crippen LogP contribution in [0.2, 0.25) is 0 Å². The van der Waals surface area contributed by atoms with Crippen molar-refractivity contribution in [2.45, 2.75) is 39.2 Å². The maximum absolute atomic E-state index is 4.69. The van der Waals surface area contributed by atoms with Gasteiger partial charge in [-0.25, -0.2) is 0 Å². The van der Waals surface area contributed by atoms with E-state index in [0.29, 0.717) is 11.5 Å². The molecule has 1 heterocycles. The van der Waals surface area contributed by atoms with E-state index in [9.17, 15) is 0 Å². The van der Waals surface area contributed by atoms with E-state index < -0.39 is 0 Å². The maximum atomic E-state index is 4.69. The number of hydrogen-bond acceptors (Lipinski definition) is 3. The maximum Gasteiger partial charge on any atom is 0.157 e. The third-order valence-electron chi connectivity index (χ3n) is 3.21. The molecule has 0 bridgehead atoms. The van der Waals surface area contributed by atoms with Crippen molar-refractivity contribution >= 4 is 28.7 Å². The van der Waals surface area contributed by atoms with Crippen LogP contribution in [0.25, 0.3) is 0 Å². The first kappa shape index (κ1) is 14.2. The van der Waals surface area contributed by atoms with Crippen molar-refractivity contribution in [2.24, 2.45) is 10.9 Å². The lowest BCUT2D eigenvalue weighted by atomic mass is 9.96. The van der Waals surface area contributed by atoms with Crippen LogP contribution in [0.5, 0.6) is 0 Å². The highest BCUT2D eigenvalue weighted by molar-refractivity contribution is 8.14. The summed E-state index contributed by atoms with van der Waals surface area (Å²) in [4.78, 5) is 4.69. The van der Waals surface area contributed by atoms with Gasteiger partial charge in [-0.05, 0) is 30.8 Å². The minimum Gasteiger partial charge on any atom is -0.359 e. The first-order valence-electron chi connectivity index (χ1n) is 6.10. The van der Waals surface area contributed by atoms with E-state index in [0.717, 1.165) is 11.7 Å². The van der Waals surface area contributed by atoms with Gasteiger partial charge in [-0.1, -0.05) is 32.5 Å². The quantitative estimate of drug-likeness (QED) is 0.793. The molecular formula is C12H24N2S2. The predicted octanol–water partition coefficient (Wildman–Crippen LogP) is 3.24. The first-order valence-corrected chi connectivity index (χ1v) is 8.48. The number of nitrogens with zero attached hydrogens (tertiary/aromatic N) is 1. The van der Waals surface area contributed by atoms with Crippen molar-refractivity contribution in [1.29, 1.82) is 0 Å². The molecule has 1 N–H and O–H groups in total. The molecule has 0 radical (unpaired) electrons. The summed E-state index contributed by atoms with van der Waals surface area (Å²) in [6, 6.07) is 0. The number of aliphatic imine (C=N–C) groups is 1. The zero-order valence-electron chi connectivity index (χ0n) is 10.9. The highest BCUT2D eigenvalue weighted by Gasteiger charge is 2.33. The molecule has 1 unspecified atom stereocenters. The molecule has 1 saturated heterocycles. The summed E-state index contributed by atoms with van der Waals surface area (Å²) in [7, 11) is 0. The molecule has 0 aromatic heterocycles. The van der Waals surface area contributed by atoms with Crippen LogP contribution in [0.15, 0.2) is 4.99 Å². The van der Waals surface area contributed by atoms with Crippen LogP contribution in [0.3, 0.4) is 0 Å². The second kappa shape index (κ2) is 6.80. The van der Waals surface area contributed by atoms with Crippen LogP contribution < -0.4 is 5.32 Å². The van der Waals surface area contributed by atoms with Gasteiger partial charge in [0.1, 0.15) is 0 Å². The van der Waals surface area contributed by atoms with E-state index in [1.165, 1.54) is 24.3 Å². The second-order valence-electron chi connectivity index (χ2n) is 4.61.